The summed E-state index contributed by atoms with van der Waals surface area (Å²) in [7, 11) is 2.90. The molecule has 7 nitrogen and oxygen atoms in total. The van der Waals surface area contributed by atoms with Gasteiger partial charge in [-0.2, -0.15) is 0 Å². The molecule has 0 spiro atoms. The highest BCUT2D eigenvalue weighted by atomic mass is 16.5. The summed E-state index contributed by atoms with van der Waals surface area (Å²) in [5, 5.41) is 5.36. The number of ether oxygens (including phenoxy) is 2. The molecule has 2 N–H and O–H groups in total. The Morgan fingerprint density at radius 1 is 1.00 bits per heavy atom. The molecule has 0 fully saturated rings. The van der Waals surface area contributed by atoms with Crippen molar-refractivity contribution >= 4 is 23.9 Å². The third-order valence-corrected chi connectivity index (χ3v) is 4.14. The van der Waals surface area contributed by atoms with E-state index in [-0.39, 0.29) is 18.4 Å². The second-order valence-corrected chi connectivity index (χ2v) is 6.24. The van der Waals surface area contributed by atoms with Crippen molar-refractivity contribution in [2.45, 2.75) is 19.5 Å². The maximum Gasteiger partial charge on any atom is 0.337 e. The summed E-state index contributed by atoms with van der Waals surface area (Å²) in [5.74, 6) is -0.365. The third kappa shape index (κ3) is 6.80. The summed E-state index contributed by atoms with van der Waals surface area (Å²) in [6.45, 7) is 1.89. The van der Waals surface area contributed by atoms with Crippen LogP contribution in [0.25, 0.3) is 6.08 Å². The third-order valence-electron chi connectivity index (χ3n) is 4.14. The first-order valence-corrected chi connectivity index (χ1v) is 9.00. The molecule has 0 aliphatic heterocycles. The van der Waals surface area contributed by atoms with Crippen LogP contribution in [0.3, 0.4) is 0 Å². The summed E-state index contributed by atoms with van der Waals surface area (Å²) in [6, 6.07) is 13.3. The molecule has 0 aliphatic carbocycles. The lowest BCUT2D eigenvalue weighted by molar-refractivity contribution is -0.126. The molecule has 0 saturated heterocycles. The molecule has 2 aromatic rings. The predicted octanol–water partition coefficient (Wildman–Crippen LogP) is 2.32. The number of carbonyl (C=O) groups is 3. The van der Waals surface area contributed by atoms with Crippen molar-refractivity contribution in [1.29, 1.82) is 0 Å². The maximum absolute atomic E-state index is 12.2. The highest BCUT2D eigenvalue weighted by Crippen LogP contribution is 2.12. The normalized spacial score (nSPS) is 11.6. The number of rotatable bonds is 8. The van der Waals surface area contributed by atoms with E-state index in [9.17, 15) is 14.4 Å². The van der Waals surface area contributed by atoms with Crippen molar-refractivity contribution < 1.29 is 23.9 Å². The lowest BCUT2D eigenvalue weighted by Gasteiger charge is -2.13. The molecule has 2 rings (SSSR count). The van der Waals surface area contributed by atoms with Crippen LogP contribution in [0.5, 0.6) is 5.75 Å². The van der Waals surface area contributed by atoms with Crippen molar-refractivity contribution in [3.8, 4) is 5.75 Å². The van der Waals surface area contributed by atoms with Crippen LogP contribution in [-0.2, 0) is 20.9 Å². The Morgan fingerprint density at radius 2 is 1.66 bits per heavy atom. The number of hydrogen-bond donors (Lipinski definition) is 2. The van der Waals surface area contributed by atoms with Crippen molar-refractivity contribution in [1.82, 2.24) is 10.6 Å². The highest BCUT2D eigenvalue weighted by Gasteiger charge is 2.14. The van der Waals surface area contributed by atoms with Gasteiger partial charge in [0.25, 0.3) is 0 Å². The van der Waals surface area contributed by atoms with Gasteiger partial charge < -0.3 is 20.1 Å². The lowest BCUT2D eigenvalue weighted by Crippen LogP contribution is -2.44. The van der Waals surface area contributed by atoms with E-state index in [1.54, 1.807) is 56.5 Å². The largest absolute Gasteiger partial charge is 0.497 e. The molecule has 2 aromatic carbocycles. The van der Waals surface area contributed by atoms with Gasteiger partial charge in [-0.15, -0.1) is 0 Å². The first kappa shape index (κ1) is 21.7. The first-order chi connectivity index (χ1) is 13.9. The van der Waals surface area contributed by atoms with Gasteiger partial charge in [-0.05, 0) is 48.4 Å². The van der Waals surface area contributed by atoms with Crippen LogP contribution in [-0.4, -0.2) is 38.0 Å². The van der Waals surface area contributed by atoms with Crippen LogP contribution in [0.15, 0.2) is 54.6 Å². The number of esters is 1. The average Bonchev–Trinajstić information content (AvgIpc) is 2.76. The highest BCUT2D eigenvalue weighted by molar-refractivity contribution is 5.95. The van der Waals surface area contributed by atoms with E-state index in [4.69, 9.17) is 4.74 Å². The zero-order valence-electron chi connectivity index (χ0n) is 16.6. The SMILES string of the molecule is COC(=O)c1ccc(CNC(=O)C(C)NC(=O)C=Cc2ccc(OC)cc2)cc1. The van der Waals surface area contributed by atoms with Gasteiger partial charge in [0.15, 0.2) is 0 Å². The lowest BCUT2D eigenvalue weighted by atomic mass is 10.1. The number of amides is 2. The van der Waals surface area contributed by atoms with Gasteiger partial charge in [-0.25, -0.2) is 4.79 Å². The van der Waals surface area contributed by atoms with Gasteiger partial charge in [0.05, 0.1) is 19.8 Å². The summed E-state index contributed by atoms with van der Waals surface area (Å²) >= 11 is 0. The van der Waals surface area contributed by atoms with E-state index in [0.29, 0.717) is 5.56 Å². The molecular formula is C22H24N2O5. The van der Waals surface area contributed by atoms with Crippen molar-refractivity contribution in [3.63, 3.8) is 0 Å². The number of hydrogen-bond acceptors (Lipinski definition) is 5. The molecule has 1 atom stereocenters. The Kier molecular flexibility index (Phi) is 7.97. The van der Waals surface area contributed by atoms with Crippen molar-refractivity contribution in [3.05, 3.63) is 71.3 Å². The standard InChI is InChI=1S/C22H24N2O5/c1-15(24-20(25)13-8-16-6-11-19(28-2)12-7-16)21(26)23-14-17-4-9-18(10-5-17)22(27)29-3/h4-13,15H,14H2,1-3H3,(H,23,26)(H,24,25). The average molecular weight is 396 g/mol. The van der Waals surface area contributed by atoms with E-state index in [0.717, 1.165) is 16.9 Å². The van der Waals surface area contributed by atoms with E-state index >= 15 is 0 Å². The fraction of sp³-hybridized carbons (Fsp3) is 0.227. The Morgan fingerprint density at radius 3 is 2.24 bits per heavy atom. The molecular weight excluding hydrogens is 372 g/mol. The van der Waals surface area contributed by atoms with Gasteiger partial charge in [0, 0.05) is 12.6 Å². The summed E-state index contributed by atoms with van der Waals surface area (Å²) in [4.78, 5) is 35.6. The molecule has 0 saturated carbocycles. The fourth-order valence-corrected chi connectivity index (χ4v) is 2.43. The van der Waals surface area contributed by atoms with Crippen molar-refractivity contribution in [2.75, 3.05) is 14.2 Å². The molecule has 1 unspecified atom stereocenters. The summed E-state index contributed by atoms with van der Waals surface area (Å²) < 4.78 is 9.72. The Balaban J connectivity index is 1.80. The molecule has 0 bridgehead atoms. The number of carbonyl (C=O) groups excluding carboxylic acids is 3. The van der Waals surface area contributed by atoms with Crippen LogP contribution in [0.1, 0.15) is 28.4 Å². The van der Waals surface area contributed by atoms with Gasteiger partial charge in [-0.3, -0.25) is 9.59 Å². The van der Waals surface area contributed by atoms with Crippen LogP contribution >= 0.6 is 0 Å². The summed E-state index contributed by atoms with van der Waals surface area (Å²) in [5.41, 5.74) is 2.10. The van der Waals surface area contributed by atoms with Gasteiger partial charge in [0.1, 0.15) is 11.8 Å². The minimum atomic E-state index is -0.697. The van der Waals surface area contributed by atoms with Gasteiger partial charge in [-0.1, -0.05) is 24.3 Å². The quantitative estimate of drug-likeness (QED) is 0.528. The molecule has 0 heterocycles. The smallest absolute Gasteiger partial charge is 0.337 e. The number of benzene rings is 2. The molecule has 7 heteroatoms. The second kappa shape index (κ2) is 10.7. The minimum absolute atomic E-state index is 0.280. The Hall–Kier alpha value is -3.61. The first-order valence-electron chi connectivity index (χ1n) is 9.00. The van der Waals surface area contributed by atoms with Gasteiger partial charge in [0.2, 0.25) is 11.8 Å². The molecule has 0 aromatic heterocycles. The van der Waals surface area contributed by atoms with Crippen LogP contribution in [0.2, 0.25) is 0 Å². The summed E-state index contributed by atoms with van der Waals surface area (Å²) in [6.07, 6.45) is 3.03. The van der Waals surface area contributed by atoms with Crippen LogP contribution < -0.4 is 15.4 Å². The molecule has 152 valence electrons. The van der Waals surface area contributed by atoms with Crippen molar-refractivity contribution in [2.24, 2.45) is 0 Å². The Bertz CT molecular complexity index is 873. The maximum atomic E-state index is 12.2. The Labute approximate surface area is 169 Å². The monoisotopic (exact) mass is 396 g/mol. The van der Waals surface area contributed by atoms with Gasteiger partial charge >= 0.3 is 5.97 Å². The fourth-order valence-electron chi connectivity index (χ4n) is 2.43. The van der Waals surface area contributed by atoms with Crippen LogP contribution in [0, 0.1) is 0 Å². The minimum Gasteiger partial charge on any atom is -0.497 e. The zero-order chi connectivity index (χ0) is 21.2. The van der Waals surface area contributed by atoms with E-state index in [2.05, 4.69) is 15.4 Å². The van der Waals surface area contributed by atoms with Crippen LogP contribution in [0.4, 0.5) is 0 Å². The van der Waals surface area contributed by atoms with E-state index < -0.39 is 12.0 Å². The molecule has 0 aliphatic rings. The number of nitrogens with one attached hydrogen (secondary N) is 2. The molecule has 2 amide bonds. The number of methoxy groups -OCH3 is 2. The topological polar surface area (TPSA) is 93.7 Å². The predicted molar refractivity (Wildman–Crippen MR) is 109 cm³/mol. The molecule has 0 radical (unpaired) electrons. The van der Waals surface area contributed by atoms with E-state index in [1.807, 2.05) is 12.1 Å². The molecule has 29 heavy (non-hydrogen) atoms. The second-order valence-electron chi connectivity index (χ2n) is 6.24. The van der Waals surface area contributed by atoms with E-state index in [1.165, 1.54) is 13.2 Å². The zero-order valence-corrected chi connectivity index (χ0v) is 16.6.